The zero-order valence-corrected chi connectivity index (χ0v) is 12.4. The van der Waals surface area contributed by atoms with Crippen LogP contribution in [0.5, 0.6) is 0 Å². The summed E-state index contributed by atoms with van der Waals surface area (Å²) in [6.45, 7) is 7.40. The highest BCUT2D eigenvalue weighted by Gasteiger charge is 2.25. The van der Waals surface area contributed by atoms with Crippen molar-refractivity contribution in [1.29, 1.82) is 0 Å². The van der Waals surface area contributed by atoms with Crippen molar-refractivity contribution in [3.05, 3.63) is 35.4 Å². The van der Waals surface area contributed by atoms with Crippen LogP contribution in [0.4, 0.5) is 0 Å². The molecule has 2 heteroatoms. The molecule has 0 aromatic heterocycles. The van der Waals surface area contributed by atoms with Gasteiger partial charge in [-0.1, -0.05) is 38.1 Å². The van der Waals surface area contributed by atoms with Gasteiger partial charge in [-0.3, -0.25) is 0 Å². The molecule has 0 radical (unpaired) electrons. The molecular weight excluding hydrogens is 234 g/mol. The Bertz CT molecular complexity index is 394. The van der Waals surface area contributed by atoms with Gasteiger partial charge in [0, 0.05) is 0 Å². The lowest BCUT2D eigenvalue weighted by Gasteiger charge is -2.32. The Labute approximate surface area is 117 Å². The molecule has 0 bridgehead atoms. The van der Waals surface area contributed by atoms with E-state index in [2.05, 4.69) is 39.0 Å². The van der Waals surface area contributed by atoms with E-state index in [1.165, 1.54) is 30.4 Å². The average Bonchev–Trinajstić information content (AvgIpc) is 2.35. The molecule has 1 aromatic carbocycles. The number of benzene rings is 1. The Kier molecular flexibility index (Phi) is 5.00. The van der Waals surface area contributed by atoms with Gasteiger partial charge < -0.3 is 10.5 Å². The van der Waals surface area contributed by atoms with Gasteiger partial charge in [0.25, 0.3) is 0 Å². The molecule has 3 atom stereocenters. The van der Waals surface area contributed by atoms with Gasteiger partial charge in [0.05, 0.1) is 18.8 Å². The average molecular weight is 261 g/mol. The second kappa shape index (κ2) is 6.53. The fourth-order valence-corrected chi connectivity index (χ4v) is 3.34. The van der Waals surface area contributed by atoms with E-state index in [1.807, 2.05) is 6.07 Å². The van der Waals surface area contributed by atoms with Crippen molar-refractivity contribution in [2.45, 2.75) is 52.2 Å². The molecule has 1 aliphatic rings. The van der Waals surface area contributed by atoms with E-state index in [0.717, 1.165) is 11.8 Å². The van der Waals surface area contributed by atoms with E-state index in [0.29, 0.717) is 12.7 Å². The van der Waals surface area contributed by atoms with E-state index in [1.54, 1.807) is 0 Å². The number of hydrogen-bond acceptors (Lipinski definition) is 2. The number of aryl methyl sites for hydroxylation is 1. The van der Waals surface area contributed by atoms with Crippen LogP contribution in [0, 0.1) is 18.8 Å². The first-order valence-electron chi connectivity index (χ1n) is 7.49. The zero-order chi connectivity index (χ0) is 13.8. The lowest BCUT2D eigenvalue weighted by atomic mass is 9.82. The maximum Gasteiger partial charge on any atom is 0.0663 e. The monoisotopic (exact) mass is 261 g/mol. The number of nitrogens with two attached hydrogens (primary N) is 1. The van der Waals surface area contributed by atoms with Crippen LogP contribution in [0.25, 0.3) is 0 Å². The quantitative estimate of drug-likeness (QED) is 0.894. The first-order chi connectivity index (χ1) is 9.06. The predicted molar refractivity (Wildman–Crippen MR) is 80.0 cm³/mol. The van der Waals surface area contributed by atoms with Gasteiger partial charge in [-0.05, 0) is 49.1 Å². The molecule has 2 nitrogen and oxygen atoms in total. The highest BCUT2D eigenvalue weighted by molar-refractivity contribution is 5.28. The minimum atomic E-state index is -0.00580. The summed E-state index contributed by atoms with van der Waals surface area (Å²) in [7, 11) is 0. The Balaban J connectivity index is 1.87. The predicted octanol–water partition coefficient (Wildman–Crippen LogP) is 3.84. The summed E-state index contributed by atoms with van der Waals surface area (Å²) < 4.78 is 6.07. The van der Waals surface area contributed by atoms with E-state index >= 15 is 0 Å². The van der Waals surface area contributed by atoms with E-state index in [9.17, 15) is 0 Å². The van der Waals surface area contributed by atoms with Gasteiger partial charge in [0.2, 0.25) is 0 Å². The summed E-state index contributed by atoms with van der Waals surface area (Å²) in [6.07, 6.45) is 4.10. The minimum Gasteiger partial charge on any atom is -0.376 e. The Hall–Kier alpha value is -0.860. The first-order valence-corrected chi connectivity index (χ1v) is 7.49. The molecular formula is C17H27NO. The van der Waals surface area contributed by atoms with Crippen LogP contribution < -0.4 is 5.73 Å². The summed E-state index contributed by atoms with van der Waals surface area (Å²) in [5.41, 5.74) is 8.72. The Morgan fingerprint density at radius 2 is 1.79 bits per heavy atom. The second-order valence-corrected chi connectivity index (χ2v) is 6.34. The Morgan fingerprint density at radius 1 is 1.16 bits per heavy atom. The van der Waals surface area contributed by atoms with Gasteiger partial charge in [-0.25, -0.2) is 0 Å². The van der Waals surface area contributed by atoms with Gasteiger partial charge in [0.1, 0.15) is 0 Å². The maximum absolute atomic E-state index is 6.26. The molecule has 1 saturated carbocycles. The molecule has 0 saturated heterocycles. The molecule has 1 aliphatic carbocycles. The van der Waals surface area contributed by atoms with Crippen LogP contribution in [0.3, 0.4) is 0 Å². The maximum atomic E-state index is 6.26. The normalized spacial score (nSPS) is 29.2. The van der Waals surface area contributed by atoms with Crippen molar-refractivity contribution in [3.8, 4) is 0 Å². The lowest BCUT2D eigenvalue weighted by molar-refractivity contribution is -0.00532. The topological polar surface area (TPSA) is 35.2 Å². The largest absolute Gasteiger partial charge is 0.376 e. The molecule has 0 amide bonds. The van der Waals surface area contributed by atoms with Crippen molar-refractivity contribution in [2.75, 3.05) is 6.61 Å². The van der Waals surface area contributed by atoms with Crippen LogP contribution in [0.15, 0.2) is 24.3 Å². The molecule has 19 heavy (non-hydrogen) atoms. The molecule has 2 rings (SSSR count). The molecule has 1 aromatic rings. The van der Waals surface area contributed by atoms with Gasteiger partial charge >= 0.3 is 0 Å². The highest BCUT2D eigenvalue weighted by atomic mass is 16.5. The van der Waals surface area contributed by atoms with Crippen molar-refractivity contribution in [3.63, 3.8) is 0 Å². The van der Waals surface area contributed by atoms with Crippen LogP contribution in [0.2, 0.25) is 0 Å². The Morgan fingerprint density at radius 3 is 2.42 bits per heavy atom. The van der Waals surface area contributed by atoms with E-state index in [-0.39, 0.29) is 6.04 Å². The summed E-state index contributed by atoms with van der Waals surface area (Å²) in [5.74, 6) is 1.56. The third kappa shape index (κ3) is 4.05. The lowest BCUT2D eigenvalue weighted by Crippen LogP contribution is -2.29. The van der Waals surface area contributed by atoms with Crippen LogP contribution in [-0.2, 0) is 4.74 Å². The van der Waals surface area contributed by atoms with Crippen LogP contribution >= 0.6 is 0 Å². The second-order valence-electron chi connectivity index (χ2n) is 6.34. The third-order valence-corrected chi connectivity index (χ3v) is 4.23. The molecule has 0 spiro atoms. The van der Waals surface area contributed by atoms with E-state index < -0.39 is 0 Å². The van der Waals surface area contributed by atoms with Gasteiger partial charge in [-0.15, -0.1) is 0 Å². The molecule has 3 unspecified atom stereocenters. The zero-order valence-electron chi connectivity index (χ0n) is 12.4. The molecule has 106 valence electrons. The van der Waals surface area contributed by atoms with Crippen molar-refractivity contribution in [1.82, 2.24) is 0 Å². The summed E-state index contributed by atoms with van der Waals surface area (Å²) in [4.78, 5) is 0. The van der Waals surface area contributed by atoms with E-state index in [4.69, 9.17) is 10.5 Å². The smallest absolute Gasteiger partial charge is 0.0663 e. The van der Waals surface area contributed by atoms with Crippen molar-refractivity contribution >= 4 is 0 Å². The van der Waals surface area contributed by atoms with Crippen LogP contribution in [-0.4, -0.2) is 12.7 Å². The molecule has 0 heterocycles. The SMILES string of the molecule is Cc1ccccc1C(N)COC1CC(C)CC(C)C1. The number of ether oxygens (including phenoxy) is 1. The fourth-order valence-electron chi connectivity index (χ4n) is 3.34. The minimum absolute atomic E-state index is 0.00580. The van der Waals surface area contributed by atoms with Crippen LogP contribution in [0.1, 0.15) is 50.3 Å². The molecule has 1 fully saturated rings. The first kappa shape index (κ1) is 14.5. The fraction of sp³-hybridized carbons (Fsp3) is 0.647. The number of hydrogen-bond donors (Lipinski definition) is 1. The van der Waals surface area contributed by atoms with Crippen molar-refractivity contribution < 1.29 is 4.74 Å². The van der Waals surface area contributed by atoms with Gasteiger partial charge in [0.15, 0.2) is 0 Å². The standard InChI is InChI=1S/C17H27NO/c1-12-8-13(2)10-15(9-12)19-11-17(18)16-7-5-4-6-14(16)3/h4-7,12-13,15,17H,8-11,18H2,1-3H3. The molecule has 0 aliphatic heterocycles. The summed E-state index contributed by atoms with van der Waals surface area (Å²) in [6, 6.07) is 8.31. The number of rotatable bonds is 4. The summed E-state index contributed by atoms with van der Waals surface area (Å²) >= 11 is 0. The summed E-state index contributed by atoms with van der Waals surface area (Å²) in [5, 5.41) is 0. The van der Waals surface area contributed by atoms with Crippen molar-refractivity contribution in [2.24, 2.45) is 17.6 Å². The van der Waals surface area contributed by atoms with Gasteiger partial charge in [-0.2, -0.15) is 0 Å². The third-order valence-electron chi connectivity index (χ3n) is 4.23. The molecule has 2 N–H and O–H groups in total. The highest BCUT2D eigenvalue weighted by Crippen LogP contribution is 2.30.